The van der Waals surface area contributed by atoms with Gasteiger partial charge in [0.05, 0.1) is 17.6 Å². The molecule has 0 amide bonds. The molecule has 0 fully saturated rings. The first kappa shape index (κ1) is 45.3. The first-order chi connectivity index (χ1) is 24.5. The summed E-state index contributed by atoms with van der Waals surface area (Å²) in [5, 5.41) is 15.4. The third kappa shape index (κ3) is 10.00. The number of aromatic nitrogens is 1. The molecule has 2 aromatic heterocycles. The molecule has 0 aliphatic heterocycles. The molecule has 0 aliphatic carbocycles. The molecule has 5 aromatic rings. The van der Waals surface area contributed by atoms with Gasteiger partial charge in [0, 0.05) is 54.5 Å². The van der Waals surface area contributed by atoms with Crippen LogP contribution in [0.5, 0.6) is 0 Å². The van der Waals surface area contributed by atoms with Crippen molar-refractivity contribution in [3.63, 3.8) is 0 Å². The van der Waals surface area contributed by atoms with E-state index >= 15 is 0 Å². The van der Waals surface area contributed by atoms with Crippen molar-refractivity contribution in [2.45, 2.75) is 109 Å². The Bertz CT molecular complexity index is 2090. The number of allylic oxidation sites excluding steroid dienone is 2. The Morgan fingerprint density at radius 1 is 0.759 bits per heavy atom. The third-order valence-electron chi connectivity index (χ3n) is 10.5. The van der Waals surface area contributed by atoms with Crippen LogP contribution in [-0.4, -0.2) is 10.9 Å². The van der Waals surface area contributed by atoms with E-state index in [2.05, 4.69) is 172 Å². The summed E-state index contributed by atoms with van der Waals surface area (Å²) >= 11 is 1.90. The predicted octanol–water partition coefficient (Wildman–Crippen LogP) is 13.7. The number of benzene rings is 3. The van der Waals surface area contributed by atoms with Gasteiger partial charge in [0.15, 0.2) is 5.78 Å². The molecule has 0 spiro atoms. The second-order valence-corrected chi connectivity index (χ2v) is 19.8. The molecule has 2 heterocycles. The quantitative estimate of drug-likeness (QED) is 0.0693. The van der Waals surface area contributed by atoms with Gasteiger partial charge in [-0.25, -0.2) is 0 Å². The minimum atomic E-state index is -0.0119. The summed E-state index contributed by atoms with van der Waals surface area (Å²) in [5.41, 5.74) is 6.42. The van der Waals surface area contributed by atoms with Gasteiger partial charge in [-0.2, -0.15) is 12.5 Å². The minimum absolute atomic E-state index is 0. The number of aliphatic hydroxyl groups is 1. The summed E-state index contributed by atoms with van der Waals surface area (Å²) in [6, 6.07) is 20.0. The largest absolute Gasteiger partial charge is 0.512 e. The molecule has 0 saturated heterocycles. The van der Waals surface area contributed by atoms with E-state index in [-0.39, 0.29) is 54.3 Å². The van der Waals surface area contributed by atoms with Gasteiger partial charge in [-0.3, -0.25) is 4.79 Å². The van der Waals surface area contributed by atoms with E-state index in [9.17, 15) is 9.90 Å². The first-order valence-corrected chi connectivity index (χ1v) is 20.4. The van der Waals surface area contributed by atoms with Gasteiger partial charge in [0.1, 0.15) is 0 Å². The molecule has 295 valence electrons. The number of rotatable bonds is 9. The number of thiophene rings is 1. The number of fused-ring (bicyclic) bond motifs is 4. The smallest absolute Gasteiger partial charge is 0.162 e. The van der Waals surface area contributed by atoms with Crippen molar-refractivity contribution < 1.29 is 34.6 Å². The number of ketones is 1. The summed E-state index contributed by atoms with van der Waals surface area (Å²) in [6.45, 7) is 35.0. The van der Waals surface area contributed by atoms with Crippen molar-refractivity contribution in [3.05, 3.63) is 103 Å². The van der Waals surface area contributed by atoms with Gasteiger partial charge in [-0.15, -0.1) is 34.4 Å². The van der Waals surface area contributed by atoms with Gasteiger partial charge in [-0.05, 0) is 63.3 Å². The number of hydrogen-bond donors (Lipinski definition) is 1. The molecular weight excluding hydrogens is 859 g/mol. The first-order valence-electron chi connectivity index (χ1n) is 19.6. The second-order valence-electron chi connectivity index (χ2n) is 18.8. The monoisotopic (exact) mass is 925 g/mol. The normalized spacial score (nSPS) is 12.9. The Kier molecular flexibility index (Phi) is 14.9. The third-order valence-corrected chi connectivity index (χ3v) is 11.8. The van der Waals surface area contributed by atoms with Crippen LogP contribution in [0.3, 0.4) is 0 Å². The summed E-state index contributed by atoms with van der Waals surface area (Å²) in [6.07, 6.45) is 4.64. The molecule has 5 rings (SSSR count). The van der Waals surface area contributed by atoms with Crippen molar-refractivity contribution in [2.75, 3.05) is 0 Å². The summed E-state index contributed by atoms with van der Waals surface area (Å²) < 4.78 is 4.71. The average Bonchev–Trinajstić information content (AvgIpc) is 3.39. The Morgan fingerprint density at radius 3 is 1.80 bits per heavy atom. The van der Waals surface area contributed by atoms with E-state index in [1.807, 2.05) is 15.9 Å². The van der Waals surface area contributed by atoms with E-state index < -0.39 is 0 Å². The number of carbonyl (C=O) groups excluding carboxylic acids is 1. The number of aliphatic hydroxyl groups excluding tert-OH is 1. The van der Waals surface area contributed by atoms with Crippen molar-refractivity contribution in [2.24, 2.45) is 40.9 Å². The average molecular weight is 925 g/mol. The van der Waals surface area contributed by atoms with Gasteiger partial charge >= 0.3 is 0 Å². The van der Waals surface area contributed by atoms with Crippen LogP contribution < -0.4 is 4.57 Å². The molecule has 0 unspecified atom stereocenters. The van der Waals surface area contributed by atoms with Crippen molar-refractivity contribution in [1.82, 2.24) is 0 Å². The van der Waals surface area contributed by atoms with E-state index in [4.69, 9.17) is 0 Å². The zero-order valence-electron chi connectivity index (χ0n) is 35.5. The van der Waals surface area contributed by atoms with Crippen LogP contribution in [0.2, 0.25) is 0 Å². The molecule has 0 atom stereocenters. The van der Waals surface area contributed by atoms with E-state index in [0.29, 0.717) is 23.7 Å². The molecule has 3 nitrogen and oxygen atoms in total. The van der Waals surface area contributed by atoms with Crippen LogP contribution >= 0.6 is 11.3 Å². The van der Waals surface area contributed by atoms with Crippen LogP contribution in [0.25, 0.3) is 42.2 Å². The van der Waals surface area contributed by atoms with E-state index in [0.717, 1.165) is 17.7 Å². The molecule has 0 aliphatic rings. The fourth-order valence-corrected chi connectivity index (χ4v) is 9.76. The summed E-state index contributed by atoms with van der Waals surface area (Å²) in [7, 11) is 4.41. The van der Waals surface area contributed by atoms with Crippen LogP contribution in [-0.2, 0) is 36.7 Å². The van der Waals surface area contributed by atoms with Gasteiger partial charge in [-0.1, -0.05) is 144 Å². The maximum Gasteiger partial charge on any atom is 0.162 e. The second kappa shape index (κ2) is 17.8. The van der Waals surface area contributed by atoms with Crippen LogP contribution in [0, 0.1) is 54.9 Å². The zero-order valence-corrected chi connectivity index (χ0v) is 38.7. The van der Waals surface area contributed by atoms with E-state index in [1.165, 1.54) is 53.7 Å². The molecule has 0 saturated carbocycles. The van der Waals surface area contributed by atoms with Gasteiger partial charge in [0.25, 0.3) is 0 Å². The molecule has 3 aromatic carbocycles. The predicted molar refractivity (Wildman–Crippen MR) is 232 cm³/mol. The summed E-state index contributed by atoms with van der Waals surface area (Å²) in [4.78, 5) is 12.3. The number of pyridine rings is 1. The van der Waals surface area contributed by atoms with Gasteiger partial charge in [0.2, 0.25) is 0 Å². The molecule has 5 heteroatoms. The molecular formula is C49H66IrNO2S-. The van der Waals surface area contributed by atoms with Crippen LogP contribution in [0.15, 0.2) is 72.6 Å². The number of nitrogens with zero attached hydrogens (tertiary/aromatic N) is 1. The molecule has 54 heavy (non-hydrogen) atoms. The maximum atomic E-state index is 12.3. The number of hydrogen-bond acceptors (Lipinski definition) is 3. The van der Waals surface area contributed by atoms with Crippen molar-refractivity contribution in [1.29, 1.82) is 0 Å². The van der Waals surface area contributed by atoms with E-state index in [1.54, 1.807) is 0 Å². The Morgan fingerprint density at radius 2 is 1.28 bits per heavy atom. The fourth-order valence-electron chi connectivity index (χ4n) is 8.38. The summed E-state index contributed by atoms with van der Waals surface area (Å²) in [5.74, 6) is 1.63. The van der Waals surface area contributed by atoms with Gasteiger partial charge < -0.3 is 9.67 Å². The topological polar surface area (TPSA) is 41.2 Å². The standard InChI is InChI=1S/C32H34NS.C17H32O2.Ir/c1-20-22-13-9-10-14-23(22)27(32(5,6)7)18-26(20)28-30-25(16-17-33(28)8)24-15-11-12-21(29(24)34-30)19-31(2,3)4;1-10(2)16(11(3)4)14(18)9-15(19)17(12(5)6)13(7)8;/h9-18H,1,8,19H2,2-7H3;9-13,16-18H,1-8H3;/q-1;;/b;14-9-;. The SMILES string of the molecule is CC(C)C(C(=O)/C=C(\O)C(C(C)C)C(C)C)C(C)C.[CH2-]c1c(-c2c3sc4c(CC(C)(C)C)cccc4c3cc[n+]2[CH2-])cc(C(C)(C)C)c2ccccc12.[Ir]. The van der Waals surface area contributed by atoms with Crippen LogP contribution in [0.4, 0.5) is 0 Å². The maximum absolute atomic E-state index is 12.3. The Balaban J connectivity index is 0.000000338. The van der Waals surface area contributed by atoms with Crippen LogP contribution in [0.1, 0.15) is 114 Å². The molecule has 0 bridgehead atoms. The number of carbonyl (C=O) groups is 1. The zero-order chi connectivity index (χ0) is 39.7. The molecule has 1 radical (unpaired) electrons. The Labute approximate surface area is 345 Å². The van der Waals surface area contributed by atoms with Crippen molar-refractivity contribution in [3.8, 4) is 11.3 Å². The fraction of sp³-hybridized carbons (Fsp3) is 0.469. The minimum Gasteiger partial charge on any atom is -0.512 e. The van der Waals surface area contributed by atoms with Crippen molar-refractivity contribution >= 4 is 48.1 Å². The Hall–Kier alpha value is -3.11. The molecule has 1 N–H and O–H groups in total.